The van der Waals surface area contributed by atoms with Crippen LogP contribution >= 0.6 is 11.6 Å². The van der Waals surface area contributed by atoms with E-state index in [-0.39, 0.29) is 11.4 Å². The average molecular weight is 282 g/mol. The number of rotatable bonds is 2. The molecule has 0 amide bonds. The number of morpholine rings is 1. The van der Waals surface area contributed by atoms with Crippen LogP contribution in [0.1, 0.15) is 6.92 Å². The Balaban J connectivity index is 1.93. The van der Waals surface area contributed by atoms with E-state index in [0.717, 1.165) is 13.1 Å². The minimum absolute atomic E-state index is 0.134. The third kappa shape index (κ3) is 2.64. The Morgan fingerprint density at radius 2 is 2.16 bits per heavy atom. The van der Waals surface area contributed by atoms with E-state index in [1.165, 1.54) is 17.3 Å². The Labute approximate surface area is 114 Å². The predicted octanol–water partition coefficient (Wildman–Crippen LogP) is 0.331. The molecule has 2 aromatic rings. The fourth-order valence-electron chi connectivity index (χ4n) is 1.88. The number of nitrogens with zero attached hydrogens (tertiary/aromatic N) is 7. The van der Waals surface area contributed by atoms with Crippen molar-refractivity contribution in [3.8, 4) is 5.95 Å². The molecular formula is C10H12ClN7O. The van der Waals surface area contributed by atoms with Crippen LogP contribution in [0.2, 0.25) is 5.28 Å². The summed E-state index contributed by atoms with van der Waals surface area (Å²) in [6, 6.07) is 0. The molecule has 1 aliphatic heterocycles. The minimum atomic E-state index is 0.134. The first-order valence-electron chi connectivity index (χ1n) is 5.85. The molecule has 0 aromatic carbocycles. The molecular weight excluding hydrogens is 270 g/mol. The first kappa shape index (κ1) is 12.2. The van der Waals surface area contributed by atoms with Gasteiger partial charge < -0.3 is 9.64 Å². The van der Waals surface area contributed by atoms with Crippen molar-refractivity contribution >= 4 is 17.5 Å². The number of hydrogen-bond donors (Lipinski definition) is 0. The number of ether oxygens (including phenoxy) is 1. The second kappa shape index (κ2) is 5.06. The number of halogens is 1. The molecule has 0 bridgehead atoms. The maximum Gasteiger partial charge on any atom is 0.258 e. The van der Waals surface area contributed by atoms with Gasteiger partial charge in [-0.05, 0) is 18.5 Å². The maximum absolute atomic E-state index is 5.94. The third-order valence-electron chi connectivity index (χ3n) is 2.73. The van der Waals surface area contributed by atoms with Gasteiger partial charge in [0.2, 0.25) is 11.2 Å². The zero-order valence-electron chi connectivity index (χ0n) is 10.3. The van der Waals surface area contributed by atoms with Crippen molar-refractivity contribution in [2.75, 3.05) is 24.6 Å². The number of aromatic nitrogens is 6. The molecule has 100 valence electrons. The van der Waals surface area contributed by atoms with Gasteiger partial charge in [0.05, 0.1) is 12.7 Å². The van der Waals surface area contributed by atoms with Crippen LogP contribution in [0.5, 0.6) is 0 Å². The van der Waals surface area contributed by atoms with Crippen LogP contribution in [0.4, 0.5) is 5.95 Å². The average Bonchev–Trinajstić information content (AvgIpc) is 2.92. The molecule has 9 heteroatoms. The summed E-state index contributed by atoms with van der Waals surface area (Å²) in [6.45, 7) is 4.09. The molecule has 19 heavy (non-hydrogen) atoms. The molecule has 2 aromatic heterocycles. The van der Waals surface area contributed by atoms with Crippen LogP contribution in [-0.2, 0) is 4.74 Å². The summed E-state index contributed by atoms with van der Waals surface area (Å²) >= 11 is 5.94. The highest BCUT2D eigenvalue weighted by Crippen LogP contribution is 2.16. The molecule has 0 N–H and O–H groups in total. The monoisotopic (exact) mass is 281 g/mol. The van der Waals surface area contributed by atoms with Gasteiger partial charge in [0.15, 0.2) is 0 Å². The van der Waals surface area contributed by atoms with Gasteiger partial charge in [-0.25, -0.2) is 4.98 Å². The van der Waals surface area contributed by atoms with Crippen LogP contribution in [0, 0.1) is 0 Å². The van der Waals surface area contributed by atoms with Gasteiger partial charge in [0.25, 0.3) is 5.95 Å². The highest BCUT2D eigenvalue weighted by molar-refractivity contribution is 6.28. The fraction of sp³-hybridized carbons (Fsp3) is 0.500. The van der Waals surface area contributed by atoms with E-state index in [1.54, 1.807) is 0 Å². The summed E-state index contributed by atoms with van der Waals surface area (Å²) in [7, 11) is 0. The normalized spacial score (nSPS) is 19.7. The van der Waals surface area contributed by atoms with Gasteiger partial charge in [-0.15, -0.1) is 0 Å². The minimum Gasteiger partial charge on any atom is -0.375 e. The summed E-state index contributed by atoms with van der Waals surface area (Å²) in [5.41, 5.74) is 0. The van der Waals surface area contributed by atoms with Crippen molar-refractivity contribution < 1.29 is 4.74 Å². The summed E-state index contributed by atoms with van der Waals surface area (Å²) in [4.78, 5) is 18.4. The third-order valence-corrected chi connectivity index (χ3v) is 2.90. The lowest BCUT2D eigenvalue weighted by Gasteiger charge is -2.31. The van der Waals surface area contributed by atoms with Gasteiger partial charge in [-0.1, -0.05) is 0 Å². The van der Waals surface area contributed by atoms with Crippen molar-refractivity contribution in [1.29, 1.82) is 0 Å². The maximum atomic E-state index is 5.94. The van der Waals surface area contributed by atoms with Crippen LogP contribution in [0.15, 0.2) is 12.7 Å². The fourth-order valence-corrected chi connectivity index (χ4v) is 2.04. The van der Waals surface area contributed by atoms with Crippen molar-refractivity contribution in [2.24, 2.45) is 0 Å². The first-order valence-corrected chi connectivity index (χ1v) is 6.23. The van der Waals surface area contributed by atoms with Gasteiger partial charge in [-0.3, -0.25) is 0 Å². The van der Waals surface area contributed by atoms with Crippen molar-refractivity contribution in [2.45, 2.75) is 13.0 Å². The Morgan fingerprint density at radius 3 is 2.89 bits per heavy atom. The summed E-state index contributed by atoms with van der Waals surface area (Å²) in [5.74, 6) is 0.882. The van der Waals surface area contributed by atoms with Crippen LogP contribution in [0.25, 0.3) is 5.95 Å². The molecule has 0 radical (unpaired) electrons. The quantitative estimate of drug-likeness (QED) is 0.784. The molecule has 0 spiro atoms. The van der Waals surface area contributed by atoms with E-state index >= 15 is 0 Å². The zero-order valence-corrected chi connectivity index (χ0v) is 11.0. The standard InChI is InChI=1S/C10H12ClN7O/c1-7-4-17(2-3-19-7)9-14-8(11)15-10(16-9)18-6-12-5-13-18/h5-7H,2-4H2,1H3. The van der Waals surface area contributed by atoms with Gasteiger partial charge >= 0.3 is 0 Å². The smallest absolute Gasteiger partial charge is 0.258 e. The Bertz CT molecular complexity index is 561. The topological polar surface area (TPSA) is 81.9 Å². The first-order chi connectivity index (χ1) is 9.22. The molecule has 8 nitrogen and oxygen atoms in total. The van der Waals surface area contributed by atoms with E-state index in [9.17, 15) is 0 Å². The summed E-state index contributed by atoms with van der Waals surface area (Å²) < 4.78 is 6.93. The van der Waals surface area contributed by atoms with E-state index in [4.69, 9.17) is 16.3 Å². The Hall–Kier alpha value is -1.80. The summed E-state index contributed by atoms with van der Waals surface area (Å²) in [5, 5.41) is 4.11. The zero-order chi connectivity index (χ0) is 13.2. The van der Waals surface area contributed by atoms with Crippen molar-refractivity contribution in [3.63, 3.8) is 0 Å². The Kier molecular flexibility index (Phi) is 3.26. The van der Waals surface area contributed by atoms with Crippen LogP contribution in [0.3, 0.4) is 0 Å². The molecule has 3 rings (SSSR count). The molecule has 0 saturated carbocycles. The Morgan fingerprint density at radius 1 is 1.32 bits per heavy atom. The molecule has 1 saturated heterocycles. The highest BCUT2D eigenvalue weighted by atomic mass is 35.5. The van der Waals surface area contributed by atoms with E-state index in [2.05, 4.69) is 25.0 Å². The largest absolute Gasteiger partial charge is 0.375 e. The number of anilines is 1. The van der Waals surface area contributed by atoms with E-state index in [0.29, 0.717) is 18.5 Å². The van der Waals surface area contributed by atoms with Gasteiger partial charge in [0, 0.05) is 13.1 Å². The van der Waals surface area contributed by atoms with Crippen LogP contribution < -0.4 is 4.90 Å². The second-order valence-electron chi connectivity index (χ2n) is 4.17. The lowest BCUT2D eigenvalue weighted by Crippen LogP contribution is -2.42. The van der Waals surface area contributed by atoms with E-state index in [1.807, 2.05) is 11.8 Å². The molecule has 0 aliphatic carbocycles. The molecule has 1 atom stereocenters. The lowest BCUT2D eigenvalue weighted by molar-refractivity contribution is 0.0526. The van der Waals surface area contributed by atoms with E-state index < -0.39 is 0 Å². The van der Waals surface area contributed by atoms with Crippen LogP contribution in [-0.4, -0.2) is 55.5 Å². The van der Waals surface area contributed by atoms with Crippen molar-refractivity contribution in [3.05, 3.63) is 17.9 Å². The number of hydrogen-bond acceptors (Lipinski definition) is 7. The molecule has 3 heterocycles. The SMILES string of the molecule is CC1CN(c2nc(Cl)nc(-n3cncn3)n2)CCO1. The predicted molar refractivity (Wildman–Crippen MR) is 67.4 cm³/mol. The second-order valence-corrected chi connectivity index (χ2v) is 4.51. The lowest BCUT2D eigenvalue weighted by atomic mass is 10.3. The van der Waals surface area contributed by atoms with Gasteiger partial charge in [-0.2, -0.15) is 24.7 Å². The molecule has 1 fully saturated rings. The van der Waals surface area contributed by atoms with Gasteiger partial charge in [0.1, 0.15) is 12.7 Å². The molecule has 1 aliphatic rings. The van der Waals surface area contributed by atoms with Crippen molar-refractivity contribution in [1.82, 2.24) is 29.7 Å². The molecule has 1 unspecified atom stereocenters. The highest BCUT2D eigenvalue weighted by Gasteiger charge is 2.20. The summed E-state index contributed by atoms with van der Waals surface area (Å²) in [6.07, 6.45) is 3.06.